The van der Waals surface area contributed by atoms with Crippen molar-refractivity contribution in [1.29, 1.82) is 0 Å². The van der Waals surface area contributed by atoms with E-state index >= 15 is 0 Å². The molecule has 0 spiro atoms. The van der Waals surface area contributed by atoms with Gasteiger partial charge >= 0.3 is 0 Å². The number of anilines is 1. The third-order valence-corrected chi connectivity index (χ3v) is 5.85. The summed E-state index contributed by atoms with van der Waals surface area (Å²) in [6.45, 7) is 3.52. The van der Waals surface area contributed by atoms with Gasteiger partial charge in [-0.15, -0.1) is 0 Å². The number of ether oxygens (including phenoxy) is 1. The Morgan fingerprint density at radius 3 is 2.76 bits per heavy atom. The van der Waals surface area contributed by atoms with Crippen LogP contribution in [0.15, 0.2) is 59.7 Å². The van der Waals surface area contributed by atoms with Gasteiger partial charge in [-0.25, -0.2) is 9.37 Å². The molecule has 0 radical (unpaired) electrons. The molecule has 0 amide bonds. The largest absolute Gasteiger partial charge is 0.371 e. The molecule has 0 N–H and O–H groups in total. The van der Waals surface area contributed by atoms with Gasteiger partial charge in [0.2, 0.25) is 5.95 Å². The number of alkyl halides is 1. The van der Waals surface area contributed by atoms with E-state index < -0.39 is 11.8 Å². The van der Waals surface area contributed by atoms with E-state index in [1.54, 1.807) is 36.2 Å². The smallest absolute Gasteiger partial charge is 0.255 e. The van der Waals surface area contributed by atoms with Gasteiger partial charge in [0.25, 0.3) is 5.56 Å². The van der Waals surface area contributed by atoms with Crippen LogP contribution in [0.3, 0.4) is 0 Å². The van der Waals surface area contributed by atoms with Crippen molar-refractivity contribution in [2.24, 2.45) is 13.0 Å². The Labute approximate surface area is 169 Å². The first-order valence-electron chi connectivity index (χ1n) is 9.90. The minimum Gasteiger partial charge on any atom is -0.371 e. The molecule has 7 heteroatoms. The van der Waals surface area contributed by atoms with E-state index in [0.29, 0.717) is 37.8 Å². The molecule has 3 atom stereocenters. The van der Waals surface area contributed by atoms with Crippen molar-refractivity contribution in [3.05, 3.63) is 65.3 Å². The number of halogens is 1. The van der Waals surface area contributed by atoms with Crippen LogP contribution in [0.5, 0.6) is 0 Å². The molecule has 2 aliphatic rings. The van der Waals surface area contributed by atoms with E-state index in [-0.39, 0.29) is 11.5 Å². The highest BCUT2D eigenvalue weighted by atomic mass is 19.1. The van der Waals surface area contributed by atoms with Crippen LogP contribution in [0.4, 0.5) is 10.3 Å². The van der Waals surface area contributed by atoms with E-state index in [4.69, 9.17) is 9.72 Å². The SMILES string of the molecule is CCC1(C2C=CC=CC2F)CN(c2nc(-c3ccncc3)cc(=O)n2C)CCO1. The minimum atomic E-state index is -1.10. The van der Waals surface area contributed by atoms with Crippen LogP contribution in [0.1, 0.15) is 13.3 Å². The van der Waals surface area contributed by atoms with Crippen LogP contribution in [-0.4, -0.2) is 46.0 Å². The van der Waals surface area contributed by atoms with Crippen molar-refractivity contribution < 1.29 is 9.13 Å². The zero-order valence-corrected chi connectivity index (χ0v) is 16.7. The van der Waals surface area contributed by atoms with Crippen molar-refractivity contribution in [3.8, 4) is 11.3 Å². The summed E-state index contributed by atoms with van der Waals surface area (Å²) >= 11 is 0. The molecule has 1 saturated heterocycles. The summed E-state index contributed by atoms with van der Waals surface area (Å²) in [5.74, 6) is 0.192. The molecule has 152 valence electrons. The van der Waals surface area contributed by atoms with E-state index in [1.807, 2.05) is 36.1 Å². The summed E-state index contributed by atoms with van der Waals surface area (Å²) in [6.07, 6.45) is 9.97. The molecule has 6 nitrogen and oxygen atoms in total. The van der Waals surface area contributed by atoms with Gasteiger partial charge in [-0.2, -0.15) is 0 Å². The molecule has 1 fully saturated rings. The van der Waals surface area contributed by atoms with Crippen molar-refractivity contribution in [1.82, 2.24) is 14.5 Å². The highest BCUT2D eigenvalue weighted by Gasteiger charge is 2.45. The van der Waals surface area contributed by atoms with Gasteiger partial charge < -0.3 is 9.64 Å². The van der Waals surface area contributed by atoms with Gasteiger partial charge in [-0.05, 0) is 18.6 Å². The standard InChI is InChI=1S/C22H25FN4O2/c1-3-22(17-6-4-5-7-18(17)23)15-27(12-13-29-22)21-25-19(14-20(28)26(21)2)16-8-10-24-11-9-16/h4-11,14,17-18H,3,12-13,15H2,1-2H3. The lowest BCUT2D eigenvalue weighted by Crippen LogP contribution is -2.58. The number of nitrogens with zero attached hydrogens (tertiary/aromatic N) is 4. The molecule has 0 bridgehead atoms. The van der Waals surface area contributed by atoms with Crippen molar-refractivity contribution in [3.63, 3.8) is 0 Å². The molecule has 0 saturated carbocycles. The van der Waals surface area contributed by atoms with Gasteiger partial charge in [0, 0.05) is 43.5 Å². The van der Waals surface area contributed by atoms with Gasteiger partial charge in [0.05, 0.1) is 24.4 Å². The lowest BCUT2D eigenvalue weighted by molar-refractivity contribution is -0.0982. The summed E-state index contributed by atoms with van der Waals surface area (Å²) < 4.78 is 22.4. The first kappa shape index (κ1) is 19.5. The van der Waals surface area contributed by atoms with Gasteiger partial charge in [-0.1, -0.05) is 31.2 Å². The van der Waals surface area contributed by atoms with Gasteiger partial charge in [-0.3, -0.25) is 14.3 Å². The summed E-state index contributed by atoms with van der Waals surface area (Å²) in [4.78, 5) is 23.5. The van der Waals surface area contributed by atoms with Crippen LogP contribution in [0, 0.1) is 5.92 Å². The van der Waals surface area contributed by atoms with Crippen LogP contribution in [-0.2, 0) is 11.8 Å². The molecule has 3 heterocycles. The molecule has 29 heavy (non-hydrogen) atoms. The molecule has 3 unspecified atom stereocenters. The van der Waals surface area contributed by atoms with Crippen LogP contribution in [0.25, 0.3) is 11.3 Å². The Hall–Kier alpha value is -2.80. The maximum absolute atomic E-state index is 14.7. The third kappa shape index (κ3) is 3.62. The maximum Gasteiger partial charge on any atom is 0.255 e. The number of rotatable bonds is 4. The monoisotopic (exact) mass is 396 g/mol. The fourth-order valence-electron chi connectivity index (χ4n) is 4.16. The molecule has 0 aromatic carbocycles. The highest BCUT2D eigenvalue weighted by Crippen LogP contribution is 2.37. The molecule has 1 aliphatic heterocycles. The Morgan fingerprint density at radius 1 is 1.28 bits per heavy atom. The summed E-state index contributed by atoms with van der Waals surface area (Å²) in [6, 6.07) is 5.18. The molecule has 4 rings (SSSR count). The summed E-state index contributed by atoms with van der Waals surface area (Å²) in [5, 5.41) is 0. The third-order valence-electron chi connectivity index (χ3n) is 5.85. The van der Waals surface area contributed by atoms with Crippen LogP contribution < -0.4 is 10.5 Å². The molecular weight excluding hydrogens is 371 g/mol. The Morgan fingerprint density at radius 2 is 2.03 bits per heavy atom. The fraction of sp³-hybridized carbons (Fsp3) is 0.409. The maximum atomic E-state index is 14.7. The van der Waals surface area contributed by atoms with Crippen molar-refractivity contribution >= 4 is 5.95 Å². The number of aromatic nitrogens is 3. The second kappa shape index (κ2) is 7.91. The summed E-state index contributed by atoms with van der Waals surface area (Å²) in [5.41, 5.74) is 0.615. The van der Waals surface area contributed by atoms with Crippen molar-refractivity contribution in [2.75, 3.05) is 24.6 Å². The normalized spacial score (nSPS) is 26.7. The Kier molecular flexibility index (Phi) is 5.32. The average molecular weight is 396 g/mol. The van der Waals surface area contributed by atoms with Crippen molar-refractivity contribution in [2.45, 2.75) is 25.1 Å². The van der Waals surface area contributed by atoms with E-state index in [2.05, 4.69) is 4.98 Å². The van der Waals surface area contributed by atoms with Gasteiger partial charge in [0.15, 0.2) is 0 Å². The zero-order chi connectivity index (χ0) is 20.4. The predicted molar refractivity (Wildman–Crippen MR) is 111 cm³/mol. The quantitative estimate of drug-likeness (QED) is 0.795. The first-order chi connectivity index (χ1) is 14.0. The van der Waals surface area contributed by atoms with E-state index in [1.165, 1.54) is 6.07 Å². The number of pyridine rings is 1. The molecule has 1 aliphatic carbocycles. The number of allylic oxidation sites excluding steroid dienone is 3. The lowest BCUT2D eigenvalue weighted by Gasteiger charge is -2.47. The topological polar surface area (TPSA) is 60.2 Å². The lowest BCUT2D eigenvalue weighted by atomic mass is 9.78. The second-order valence-electron chi connectivity index (χ2n) is 7.50. The number of morpholine rings is 1. The molecule has 2 aromatic heterocycles. The Balaban J connectivity index is 1.71. The minimum absolute atomic E-state index is 0.140. The average Bonchev–Trinajstić information content (AvgIpc) is 2.76. The molecule has 2 aromatic rings. The Bertz CT molecular complexity index is 988. The molecular formula is C22H25FN4O2. The zero-order valence-electron chi connectivity index (χ0n) is 16.7. The summed E-state index contributed by atoms with van der Waals surface area (Å²) in [7, 11) is 1.71. The number of hydrogen-bond donors (Lipinski definition) is 0. The fourth-order valence-corrected chi connectivity index (χ4v) is 4.16. The second-order valence-corrected chi connectivity index (χ2v) is 7.50. The highest BCUT2D eigenvalue weighted by molar-refractivity contribution is 5.59. The van der Waals surface area contributed by atoms with E-state index in [9.17, 15) is 9.18 Å². The first-order valence-corrected chi connectivity index (χ1v) is 9.90. The number of hydrogen-bond acceptors (Lipinski definition) is 5. The predicted octanol–water partition coefficient (Wildman–Crippen LogP) is 2.91. The van der Waals surface area contributed by atoms with Gasteiger partial charge in [0.1, 0.15) is 6.17 Å². The van der Waals surface area contributed by atoms with Crippen LogP contribution in [0.2, 0.25) is 0 Å². The van der Waals surface area contributed by atoms with Crippen LogP contribution >= 0.6 is 0 Å². The van der Waals surface area contributed by atoms with E-state index in [0.717, 1.165) is 5.56 Å².